The number of thioether (sulfide) groups is 1. The van der Waals surface area contributed by atoms with Gasteiger partial charge in [0.15, 0.2) is 0 Å². The topological polar surface area (TPSA) is 66.5 Å². The number of rotatable bonds is 9. The van der Waals surface area contributed by atoms with Crippen LogP contribution in [0.3, 0.4) is 0 Å². The van der Waals surface area contributed by atoms with Gasteiger partial charge >= 0.3 is 0 Å². The maximum atomic E-state index is 12.9. The lowest BCUT2D eigenvalue weighted by Gasteiger charge is -2.23. The summed E-state index contributed by atoms with van der Waals surface area (Å²) in [5.74, 6) is 0.646. The third-order valence-corrected chi connectivity index (χ3v) is 8.14. The zero-order valence-electron chi connectivity index (χ0n) is 21.1. The number of hydrogen-bond donors (Lipinski definition) is 1. The first-order valence-electron chi connectivity index (χ1n) is 11.9. The van der Waals surface area contributed by atoms with Gasteiger partial charge in [0.25, 0.3) is 5.91 Å². The molecular weight excluding hydrogens is 500 g/mol. The third kappa shape index (κ3) is 7.24. The zero-order chi connectivity index (χ0) is 26.4. The number of nitrogens with one attached hydrogen (secondary N) is 1. The van der Waals surface area contributed by atoms with Crippen LogP contribution in [0.15, 0.2) is 102 Å². The van der Waals surface area contributed by atoms with E-state index in [1.54, 1.807) is 42.1 Å². The molecule has 0 aliphatic rings. The molecule has 4 rings (SSSR count). The highest BCUT2D eigenvalue weighted by molar-refractivity contribution is 7.98. The summed E-state index contributed by atoms with van der Waals surface area (Å²) in [6, 6.07) is 30.8. The van der Waals surface area contributed by atoms with E-state index < -0.39 is 10.0 Å². The first-order chi connectivity index (χ1) is 17.7. The molecule has 1 N–H and O–H groups in total. The summed E-state index contributed by atoms with van der Waals surface area (Å²) in [7, 11) is -3.48. The number of amides is 1. The van der Waals surface area contributed by atoms with Crippen molar-refractivity contribution in [2.45, 2.75) is 31.0 Å². The van der Waals surface area contributed by atoms with E-state index in [4.69, 9.17) is 0 Å². The lowest BCUT2D eigenvalue weighted by molar-refractivity contribution is 0.102. The Kier molecular flexibility index (Phi) is 8.36. The molecule has 1 amide bonds. The van der Waals surface area contributed by atoms with Gasteiger partial charge in [-0.15, -0.1) is 11.8 Å². The lowest BCUT2D eigenvalue weighted by Crippen LogP contribution is -2.29. The van der Waals surface area contributed by atoms with Crippen LogP contribution in [0.2, 0.25) is 0 Å². The van der Waals surface area contributed by atoms with Gasteiger partial charge in [-0.1, -0.05) is 54.6 Å². The van der Waals surface area contributed by atoms with Gasteiger partial charge < -0.3 is 5.32 Å². The SMILES string of the molecule is Cc1cccc(N(Cc2ccc(C(=O)Nc3ccc(CSc4ccccc4)cc3C)cc2)S(C)(=O)=O)c1. The maximum Gasteiger partial charge on any atom is 0.255 e. The molecule has 0 fully saturated rings. The molecule has 0 aromatic heterocycles. The largest absolute Gasteiger partial charge is 0.322 e. The number of anilines is 2. The van der Waals surface area contributed by atoms with Crippen molar-refractivity contribution in [2.24, 2.45) is 0 Å². The van der Waals surface area contributed by atoms with Gasteiger partial charge in [-0.2, -0.15) is 0 Å². The minimum Gasteiger partial charge on any atom is -0.322 e. The lowest BCUT2D eigenvalue weighted by atomic mass is 10.1. The molecule has 0 spiro atoms. The molecule has 0 heterocycles. The van der Waals surface area contributed by atoms with Crippen molar-refractivity contribution in [2.75, 3.05) is 15.9 Å². The Labute approximate surface area is 223 Å². The van der Waals surface area contributed by atoms with E-state index in [9.17, 15) is 13.2 Å². The fourth-order valence-corrected chi connectivity index (χ4v) is 5.69. The van der Waals surface area contributed by atoms with E-state index >= 15 is 0 Å². The number of aryl methyl sites for hydroxylation is 2. The van der Waals surface area contributed by atoms with Crippen molar-refractivity contribution >= 4 is 39.1 Å². The van der Waals surface area contributed by atoms with Crippen LogP contribution in [0.5, 0.6) is 0 Å². The monoisotopic (exact) mass is 530 g/mol. The molecule has 0 saturated carbocycles. The van der Waals surface area contributed by atoms with Crippen LogP contribution < -0.4 is 9.62 Å². The highest BCUT2D eigenvalue weighted by Gasteiger charge is 2.18. The normalized spacial score (nSPS) is 11.2. The van der Waals surface area contributed by atoms with E-state index in [2.05, 4.69) is 23.5 Å². The predicted octanol–water partition coefficient (Wildman–Crippen LogP) is 6.81. The van der Waals surface area contributed by atoms with Gasteiger partial charge in [0.2, 0.25) is 10.0 Å². The van der Waals surface area contributed by atoms with E-state index in [1.807, 2.05) is 62.4 Å². The molecule has 0 atom stereocenters. The van der Waals surface area contributed by atoms with Crippen LogP contribution in [0.25, 0.3) is 0 Å². The Morgan fingerprint density at radius 3 is 2.19 bits per heavy atom. The molecule has 190 valence electrons. The highest BCUT2D eigenvalue weighted by atomic mass is 32.2. The number of sulfonamides is 1. The van der Waals surface area contributed by atoms with Gasteiger partial charge in [0.05, 0.1) is 18.5 Å². The maximum absolute atomic E-state index is 12.9. The average Bonchev–Trinajstić information content (AvgIpc) is 2.87. The van der Waals surface area contributed by atoms with E-state index in [1.165, 1.54) is 21.0 Å². The molecule has 0 bridgehead atoms. The van der Waals surface area contributed by atoms with Crippen LogP contribution in [0.1, 0.15) is 32.6 Å². The number of carbonyl (C=O) groups excluding carboxylic acids is 1. The van der Waals surface area contributed by atoms with Crippen molar-refractivity contribution in [3.8, 4) is 0 Å². The van der Waals surface area contributed by atoms with Gasteiger partial charge in [0, 0.05) is 21.9 Å². The minimum atomic E-state index is -3.48. The Bertz CT molecular complexity index is 1490. The van der Waals surface area contributed by atoms with Crippen LogP contribution in [0.4, 0.5) is 11.4 Å². The Morgan fingerprint density at radius 1 is 0.838 bits per heavy atom. The van der Waals surface area contributed by atoms with Crippen LogP contribution in [-0.4, -0.2) is 20.6 Å². The smallest absolute Gasteiger partial charge is 0.255 e. The first kappa shape index (κ1) is 26.5. The summed E-state index contributed by atoms with van der Waals surface area (Å²) >= 11 is 1.78. The van der Waals surface area contributed by atoms with Gasteiger partial charge in [0.1, 0.15) is 0 Å². The average molecular weight is 531 g/mol. The second-order valence-corrected chi connectivity index (χ2v) is 12.0. The van der Waals surface area contributed by atoms with Gasteiger partial charge in [-0.3, -0.25) is 9.10 Å². The number of benzene rings is 4. The molecule has 7 heteroatoms. The van der Waals surface area contributed by atoms with Crippen molar-refractivity contribution in [3.05, 3.63) is 125 Å². The molecule has 37 heavy (non-hydrogen) atoms. The predicted molar refractivity (Wildman–Crippen MR) is 154 cm³/mol. The number of nitrogens with zero attached hydrogens (tertiary/aromatic N) is 1. The highest BCUT2D eigenvalue weighted by Crippen LogP contribution is 2.26. The molecule has 0 radical (unpaired) electrons. The van der Waals surface area contributed by atoms with Crippen LogP contribution in [-0.2, 0) is 22.3 Å². The first-order valence-corrected chi connectivity index (χ1v) is 14.7. The Morgan fingerprint density at radius 2 is 1.54 bits per heavy atom. The van der Waals surface area contributed by atoms with Crippen molar-refractivity contribution in [3.63, 3.8) is 0 Å². The summed E-state index contributed by atoms with van der Waals surface area (Å²) in [6.45, 7) is 4.10. The summed E-state index contributed by atoms with van der Waals surface area (Å²) in [4.78, 5) is 14.1. The third-order valence-electron chi connectivity index (χ3n) is 5.92. The molecule has 0 aliphatic heterocycles. The Hall–Kier alpha value is -3.55. The van der Waals surface area contributed by atoms with Crippen molar-refractivity contribution in [1.82, 2.24) is 0 Å². The summed E-state index contributed by atoms with van der Waals surface area (Å²) in [5.41, 5.74) is 5.86. The van der Waals surface area contributed by atoms with Gasteiger partial charge in [-0.05, 0) is 78.6 Å². The number of carbonyl (C=O) groups is 1. The summed E-state index contributed by atoms with van der Waals surface area (Å²) in [5, 5.41) is 2.99. The van der Waals surface area contributed by atoms with Gasteiger partial charge in [-0.25, -0.2) is 8.42 Å². The molecule has 0 aliphatic carbocycles. The molecule has 0 saturated heterocycles. The molecule has 0 unspecified atom stereocenters. The quantitative estimate of drug-likeness (QED) is 0.241. The second kappa shape index (κ2) is 11.7. The second-order valence-electron chi connectivity index (χ2n) is 9.01. The number of hydrogen-bond acceptors (Lipinski definition) is 4. The fraction of sp³-hybridized carbons (Fsp3) is 0.167. The fourth-order valence-electron chi connectivity index (χ4n) is 3.94. The molecular formula is C30H30N2O3S2. The standard InChI is InChI=1S/C30H30N2O3S2/c1-22-8-7-9-27(18-22)32(37(3,34)35)20-24-12-15-26(16-13-24)30(33)31-29-17-14-25(19-23(29)2)21-36-28-10-5-4-6-11-28/h4-19H,20-21H2,1-3H3,(H,31,33). The molecule has 4 aromatic rings. The molecule has 4 aromatic carbocycles. The van der Waals surface area contributed by atoms with Crippen LogP contribution in [0, 0.1) is 13.8 Å². The van der Waals surface area contributed by atoms with E-state index in [0.29, 0.717) is 11.3 Å². The van der Waals surface area contributed by atoms with Crippen molar-refractivity contribution < 1.29 is 13.2 Å². The minimum absolute atomic E-state index is 0.186. The zero-order valence-corrected chi connectivity index (χ0v) is 22.8. The molecule has 5 nitrogen and oxygen atoms in total. The van der Waals surface area contributed by atoms with Crippen molar-refractivity contribution in [1.29, 1.82) is 0 Å². The van der Waals surface area contributed by atoms with E-state index in [0.717, 1.165) is 28.1 Å². The summed E-state index contributed by atoms with van der Waals surface area (Å²) < 4.78 is 26.3. The summed E-state index contributed by atoms with van der Waals surface area (Å²) in [6.07, 6.45) is 1.20. The Balaban J connectivity index is 1.41. The van der Waals surface area contributed by atoms with Crippen LogP contribution >= 0.6 is 11.8 Å². The van der Waals surface area contributed by atoms with E-state index in [-0.39, 0.29) is 12.5 Å².